The Balaban J connectivity index is 1.65. The smallest absolute Gasteiger partial charge is 0.244 e. The van der Waals surface area contributed by atoms with Crippen molar-refractivity contribution in [3.05, 3.63) is 23.3 Å². The zero-order valence-corrected chi connectivity index (χ0v) is 14.5. The number of fused-ring (bicyclic) bond motifs is 3. The highest BCUT2D eigenvalue weighted by Crippen LogP contribution is 2.45. The fourth-order valence-corrected chi connectivity index (χ4v) is 6.28. The Morgan fingerprint density at radius 1 is 1.09 bits per heavy atom. The summed E-state index contributed by atoms with van der Waals surface area (Å²) in [7, 11) is -1.96. The summed E-state index contributed by atoms with van der Waals surface area (Å²) in [5, 5.41) is 0. The summed E-state index contributed by atoms with van der Waals surface area (Å²) in [4.78, 5) is 0.323. The zero-order chi connectivity index (χ0) is 16.0. The van der Waals surface area contributed by atoms with Crippen LogP contribution in [0.4, 0.5) is 0 Å². The highest BCUT2D eigenvalue weighted by molar-refractivity contribution is 7.89. The van der Waals surface area contributed by atoms with Gasteiger partial charge in [-0.25, -0.2) is 13.1 Å². The fraction of sp³-hybridized carbons (Fsp3) is 0.667. The molecule has 4 nitrogen and oxygen atoms in total. The van der Waals surface area contributed by atoms with E-state index in [9.17, 15) is 8.42 Å². The maximum atomic E-state index is 12.9. The fourth-order valence-electron chi connectivity index (χ4n) is 4.76. The van der Waals surface area contributed by atoms with Crippen LogP contribution in [0.25, 0.3) is 0 Å². The molecule has 0 spiro atoms. The Hall–Kier alpha value is -1.07. The second-order valence-corrected chi connectivity index (χ2v) is 9.06. The first-order valence-electron chi connectivity index (χ1n) is 8.79. The molecular formula is C18H25NO3S. The van der Waals surface area contributed by atoms with Gasteiger partial charge < -0.3 is 4.74 Å². The average Bonchev–Trinajstić information content (AvgIpc) is 3.16. The topological polar surface area (TPSA) is 55.4 Å². The predicted molar refractivity (Wildman–Crippen MR) is 89.2 cm³/mol. The van der Waals surface area contributed by atoms with E-state index < -0.39 is 10.0 Å². The number of rotatable bonds is 4. The summed E-state index contributed by atoms with van der Waals surface area (Å²) in [6.07, 6.45) is 8.92. The number of nitrogens with one attached hydrogen (secondary N) is 1. The minimum Gasteiger partial charge on any atom is -0.495 e. The maximum Gasteiger partial charge on any atom is 0.244 e. The van der Waals surface area contributed by atoms with Crippen LogP contribution in [0.2, 0.25) is 0 Å². The van der Waals surface area contributed by atoms with Gasteiger partial charge in [0.1, 0.15) is 10.6 Å². The van der Waals surface area contributed by atoms with Gasteiger partial charge in [0.2, 0.25) is 10.0 Å². The van der Waals surface area contributed by atoms with Gasteiger partial charge in [-0.3, -0.25) is 0 Å². The van der Waals surface area contributed by atoms with Crippen molar-refractivity contribution < 1.29 is 13.2 Å². The molecule has 1 aromatic carbocycles. The van der Waals surface area contributed by atoms with Crippen molar-refractivity contribution in [1.29, 1.82) is 0 Å². The Morgan fingerprint density at radius 3 is 2.43 bits per heavy atom. The maximum absolute atomic E-state index is 12.9. The van der Waals surface area contributed by atoms with Gasteiger partial charge in [-0.05, 0) is 80.0 Å². The van der Waals surface area contributed by atoms with Gasteiger partial charge in [0.15, 0.2) is 0 Å². The Bertz CT molecular complexity index is 713. The third kappa shape index (κ3) is 2.78. The second kappa shape index (κ2) is 5.78. The Morgan fingerprint density at radius 2 is 1.83 bits per heavy atom. The molecule has 1 N–H and O–H groups in total. The normalized spacial score (nSPS) is 29.5. The summed E-state index contributed by atoms with van der Waals surface area (Å²) < 4.78 is 34.3. The van der Waals surface area contributed by atoms with Gasteiger partial charge in [-0.2, -0.15) is 0 Å². The lowest BCUT2D eigenvalue weighted by Crippen LogP contribution is -2.38. The minimum atomic E-state index is -3.52. The van der Waals surface area contributed by atoms with E-state index >= 15 is 0 Å². The zero-order valence-electron chi connectivity index (χ0n) is 13.7. The van der Waals surface area contributed by atoms with E-state index in [1.54, 1.807) is 7.11 Å². The molecule has 126 valence electrons. The molecule has 0 amide bonds. The number of benzene rings is 1. The highest BCUT2D eigenvalue weighted by Gasteiger charge is 2.41. The van der Waals surface area contributed by atoms with Crippen LogP contribution in [0.15, 0.2) is 17.0 Å². The van der Waals surface area contributed by atoms with Crippen molar-refractivity contribution in [3.63, 3.8) is 0 Å². The van der Waals surface area contributed by atoms with E-state index in [1.807, 2.05) is 12.1 Å². The molecule has 0 saturated heterocycles. The number of sulfonamides is 1. The van der Waals surface area contributed by atoms with Crippen LogP contribution in [0, 0.1) is 11.8 Å². The summed E-state index contributed by atoms with van der Waals surface area (Å²) in [5.74, 6) is 1.73. The molecule has 2 fully saturated rings. The van der Waals surface area contributed by atoms with Gasteiger partial charge in [0.05, 0.1) is 7.11 Å². The molecule has 1 aromatic rings. The van der Waals surface area contributed by atoms with Crippen LogP contribution in [0.1, 0.15) is 49.7 Å². The van der Waals surface area contributed by atoms with Crippen LogP contribution in [0.3, 0.4) is 0 Å². The Labute approximate surface area is 138 Å². The highest BCUT2D eigenvalue weighted by atomic mass is 32.2. The van der Waals surface area contributed by atoms with Gasteiger partial charge >= 0.3 is 0 Å². The predicted octanol–water partition coefficient (Wildman–Crippen LogP) is 3.04. The molecule has 2 bridgehead atoms. The molecule has 3 aliphatic carbocycles. The SMILES string of the molecule is COc1cc2c(cc1S(=O)(=O)N[C@H]1C[C@@H]3CC[C@@H]1C3)CCCC2. The lowest BCUT2D eigenvalue weighted by Gasteiger charge is -2.24. The van der Waals surface area contributed by atoms with E-state index in [1.165, 1.54) is 36.8 Å². The summed E-state index contributed by atoms with van der Waals surface area (Å²) >= 11 is 0. The molecular weight excluding hydrogens is 310 g/mol. The van der Waals surface area contributed by atoms with Crippen molar-refractivity contribution in [2.45, 2.75) is 62.3 Å². The van der Waals surface area contributed by atoms with E-state index in [-0.39, 0.29) is 6.04 Å². The van der Waals surface area contributed by atoms with Crippen LogP contribution in [0.5, 0.6) is 5.75 Å². The molecule has 0 aromatic heterocycles. The van der Waals surface area contributed by atoms with E-state index in [0.717, 1.165) is 31.6 Å². The monoisotopic (exact) mass is 335 g/mol. The molecule has 0 radical (unpaired) electrons. The van der Waals surface area contributed by atoms with Crippen molar-refractivity contribution in [1.82, 2.24) is 4.72 Å². The standard InChI is InChI=1S/C18H25NO3S/c1-22-17-10-13-4-2-3-5-14(13)11-18(17)23(20,21)19-16-9-12-6-7-15(16)8-12/h10-12,15-16,19H,2-9H2,1H3/t12-,15-,16+/m1/s1. The lowest BCUT2D eigenvalue weighted by molar-refractivity contribution is 0.385. The molecule has 23 heavy (non-hydrogen) atoms. The number of hydrogen-bond acceptors (Lipinski definition) is 3. The first kappa shape index (κ1) is 15.5. The van der Waals surface area contributed by atoms with Crippen LogP contribution < -0.4 is 9.46 Å². The summed E-state index contributed by atoms with van der Waals surface area (Å²) in [5.41, 5.74) is 2.41. The van der Waals surface area contributed by atoms with Crippen LogP contribution in [-0.2, 0) is 22.9 Å². The average molecular weight is 335 g/mol. The van der Waals surface area contributed by atoms with Crippen molar-refractivity contribution in [2.75, 3.05) is 7.11 Å². The summed E-state index contributed by atoms with van der Waals surface area (Å²) in [6.45, 7) is 0. The second-order valence-electron chi connectivity index (χ2n) is 7.38. The molecule has 0 unspecified atom stereocenters. The van der Waals surface area contributed by atoms with Crippen molar-refractivity contribution in [2.24, 2.45) is 11.8 Å². The van der Waals surface area contributed by atoms with Gasteiger partial charge in [0, 0.05) is 6.04 Å². The minimum absolute atomic E-state index is 0.111. The summed E-state index contributed by atoms with van der Waals surface area (Å²) in [6, 6.07) is 3.90. The Kier molecular flexibility index (Phi) is 3.88. The van der Waals surface area contributed by atoms with Gasteiger partial charge in [0.25, 0.3) is 0 Å². The van der Waals surface area contributed by atoms with Gasteiger partial charge in [-0.15, -0.1) is 0 Å². The number of aryl methyl sites for hydroxylation is 2. The third-order valence-corrected chi connectivity index (χ3v) is 7.47. The number of methoxy groups -OCH3 is 1. The number of hydrogen-bond donors (Lipinski definition) is 1. The molecule has 0 aliphatic heterocycles. The molecule has 3 atom stereocenters. The lowest BCUT2D eigenvalue weighted by atomic mass is 9.92. The van der Waals surface area contributed by atoms with E-state index in [2.05, 4.69) is 4.72 Å². The first-order valence-corrected chi connectivity index (χ1v) is 10.3. The molecule has 4 rings (SSSR count). The van der Waals surface area contributed by atoms with Gasteiger partial charge in [-0.1, -0.05) is 6.42 Å². The molecule has 5 heteroatoms. The quantitative estimate of drug-likeness (QED) is 0.920. The van der Waals surface area contributed by atoms with E-state index in [4.69, 9.17) is 4.74 Å². The largest absolute Gasteiger partial charge is 0.495 e. The van der Waals surface area contributed by atoms with Crippen molar-refractivity contribution >= 4 is 10.0 Å². The van der Waals surface area contributed by atoms with Crippen molar-refractivity contribution in [3.8, 4) is 5.75 Å². The molecule has 0 heterocycles. The van der Waals surface area contributed by atoms with Crippen LogP contribution >= 0.6 is 0 Å². The van der Waals surface area contributed by atoms with Crippen LogP contribution in [-0.4, -0.2) is 21.6 Å². The first-order chi connectivity index (χ1) is 11.1. The molecule has 2 saturated carbocycles. The van der Waals surface area contributed by atoms with E-state index in [0.29, 0.717) is 16.6 Å². The molecule has 3 aliphatic rings. The number of ether oxygens (including phenoxy) is 1. The third-order valence-electron chi connectivity index (χ3n) is 5.96.